The van der Waals surface area contributed by atoms with Crippen molar-refractivity contribution < 1.29 is 9.59 Å². The van der Waals surface area contributed by atoms with Crippen molar-refractivity contribution in [2.75, 3.05) is 13.1 Å². The fourth-order valence-corrected chi connectivity index (χ4v) is 3.59. The van der Waals surface area contributed by atoms with Crippen LogP contribution in [0, 0.1) is 4.77 Å². The lowest BCUT2D eigenvalue weighted by Gasteiger charge is -2.16. The molecule has 1 aliphatic rings. The van der Waals surface area contributed by atoms with E-state index in [1.165, 1.54) is 4.57 Å². The Kier molecular flexibility index (Phi) is 5.74. The van der Waals surface area contributed by atoms with Crippen molar-refractivity contribution in [1.82, 2.24) is 19.8 Å². The number of nitrogens with zero attached hydrogens (tertiary/aromatic N) is 2. The van der Waals surface area contributed by atoms with E-state index in [-0.39, 0.29) is 23.4 Å². The highest BCUT2D eigenvalue weighted by molar-refractivity contribution is 7.71. The van der Waals surface area contributed by atoms with Crippen molar-refractivity contribution in [3.8, 4) is 0 Å². The van der Waals surface area contributed by atoms with E-state index in [1.54, 1.807) is 18.2 Å². The van der Waals surface area contributed by atoms with Crippen LogP contribution >= 0.6 is 12.2 Å². The molecule has 0 radical (unpaired) electrons. The van der Waals surface area contributed by atoms with Crippen LogP contribution in [0.2, 0.25) is 0 Å². The summed E-state index contributed by atoms with van der Waals surface area (Å²) in [6.45, 7) is 5.65. The zero-order valence-electron chi connectivity index (χ0n) is 15.6. The van der Waals surface area contributed by atoms with Gasteiger partial charge in [-0.3, -0.25) is 19.0 Å². The van der Waals surface area contributed by atoms with E-state index in [0.29, 0.717) is 47.2 Å². The third-order valence-electron chi connectivity index (χ3n) is 4.64. The first kappa shape index (κ1) is 19.3. The topological polar surface area (TPSA) is 87.2 Å². The van der Waals surface area contributed by atoms with Gasteiger partial charge >= 0.3 is 0 Å². The van der Waals surface area contributed by atoms with Crippen LogP contribution in [0.3, 0.4) is 0 Å². The molecule has 1 saturated heterocycles. The number of amides is 2. The highest BCUT2D eigenvalue weighted by atomic mass is 32.1. The lowest BCUT2D eigenvalue weighted by Crippen LogP contribution is -2.30. The standard InChI is InChI=1S/C19H24N4O3S/c1-12(2)20-17(25)13-6-7-14-15(11-13)21-19(27)23(18(14)26)10-4-9-22-8-3-5-16(22)24/h6-7,11-12H,3-5,8-10H2,1-2H3,(H,20,25)(H,21,27). The minimum atomic E-state index is -0.189. The molecule has 1 fully saturated rings. The minimum absolute atomic E-state index is 0.0298. The monoisotopic (exact) mass is 388 g/mol. The molecule has 2 aromatic rings. The number of hydrogen-bond acceptors (Lipinski definition) is 4. The lowest BCUT2D eigenvalue weighted by molar-refractivity contribution is -0.127. The van der Waals surface area contributed by atoms with Gasteiger partial charge in [-0.05, 0) is 57.1 Å². The van der Waals surface area contributed by atoms with Crippen molar-refractivity contribution in [2.24, 2.45) is 0 Å². The van der Waals surface area contributed by atoms with Gasteiger partial charge in [0.05, 0.1) is 10.9 Å². The van der Waals surface area contributed by atoms with Gasteiger partial charge in [0.2, 0.25) is 5.91 Å². The molecule has 1 aliphatic heterocycles. The predicted molar refractivity (Wildman–Crippen MR) is 106 cm³/mol. The van der Waals surface area contributed by atoms with Gasteiger partial charge in [0.15, 0.2) is 4.77 Å². The number of likely N-dealkylation sites (tertiary alicyclic amines) is 1. The van der Waals surface area contributed by atoms with Gasteiger partial charge in [-0.2, -0.15) is 0 Å². The van der Waals surface area contributed by atoms with Crippen LogP contribution in [-0.2, 0) is 11.3 Å². The molecular weight excluding hydrogens is 364 g/mol. The van der Waals surface area contributed by atoms with Crippen molar-refractivity contribution in [3.05, 3.63) is 38.9 Å². The highest BCUT2D eigenvalue weighted by Gasteiger charge is 2.19. The maximum atomic E-state index is 12.8. The van der Waals surface area contributed by atoms with E-state index < -0.39 is 0 Å². The molecule has 0 atom stereocenters. The average Bonchev–Trinajstić information content (AvgIpc) is 3.01. The van der Waals surface area contributed by atoms with E-state index in [4.69, 9.17) is 12.2 Å². The summed E-state index contributed by atoms with van der Waals surface area (Å²) in [6, 6.07) is 4.98. The molecule has 8 heteroatoms. The molecule has 3 rings (SSSR count). The Balaban J connectivity index is 1.81. The summed E-state index contributed by atoms with van der Waals surface area (Å²) < 4.78 is 1.84. The van der Waals surface area contributed by atoms with Crippen molar-refractivity contribution in [2.45, 2.75) is 45.7 Å². The van der Waals surface area contributed by atoms with Gasteiger partial charge in [-0.15, -0.1) is 0 Å². The summed E-state index contributed by atoms with van der Waals surface area (Å²) in [5, 5.41) is 3.32. The number of fused-ring (bicyclic) bond motifs is 1. The van der Waals surface area contributed by atoms with Crippen LogP contribution in [0.25, 0.3) is 10.9 Å². The van der Waals surface area contributed by atoms with Crippen LogP contribution in [-0.4, -0.2) is 45.4 Å². The molecule has 27 heavy (non-hydrogen) atoms. The summed E-state index contributed by atoms with van der Waals surface area (Å²) in [5.41, 5.74) is 0.844. The first-order chi connectivity index (χ1) is 12.9. The molecule has 0 aliphatic carbocycles. The Hall–Kier alpha value is -2.48. The van der Waals surface area contributed by atoms with Crippen molar-refractivity contribution in [3.63, 3.8) is 0 Å². The molecule has 2 N–H and O–H groups in total. The van der Waals surface area contributed by atoms with Crippen LogP contribution in [0.1, 0.15) is 43.5 Å². The number of benzene rings is 1. The number of H-pyrrole nitrogens is 1. The first-order valence-corrected chi connectivity index (χ1v) is 9.63. The van der Waals surface area contributed by atoms with Crippen LogP contribution in [0.5, 0.6) is 0 Å². The third kappa shape index (κ3) is 4.27. The largest absolute Gasteiger partial charge is 0.350 e. The van der Waals surface area contributed by atoms with E-state index in [1.807, 2.05) is 18.7 Å². The van der Waals surface area contributed by atoms with Gasteiger partial charge < -0.3 is 15.2 Å². The first-order valence-electron chi connectivity index (χ1n) is 9.22. The number of hydrogen-bond donors (Lipinski definition) is 2. The summed E-state index contributed by atoms with van der Waals surface area (Å²) in [6.07, 6.45) is 2.19. The quantitative estimate of drug-likeness (QED) is 0.743. The number of aromatic nitrogens is 2. The predicted octanol–water partition coefficient (Wildman–Crippen LogP) is 2.21. The van der Waals surface area contributed by atoms with Gasteiger partial charge in [0, 0.05) is 37.7 Å². The van der Waals surface area contributed by atoms with E-state index in [2.05, 4.69) is 10.3 Å². The second-order valence-electron chi connectivity index (χ2n) is 7.11. The van der Waals surface area contributed by atoms with E-state index in [9.17, 15) is 14.4 Å². The Morgan fingerprint density at radius 2 is 2.07 bits per heavy atom. The van der Waals surface area contributed by atoms with E-state index >= 15 is 0 Å². The molecule has 1 aromatic heterocycles. The van der Waals surface area contributed by atoms with Gasteiger partial charge in [0.25, 0.3) is 11.5 Å². The van der Waals surface area contributed by atoms with Gasteiger partial charge in [-0.1, -0.05) is 0 Å². The lowest BCUT2D eigenvalue weighted by atomic mass is 10.1. The van der Waals surface area contributed by atoms with Crippen LogP contribution < -0.4 is 10.9 Å². The molecule has 7 nitrogen and oxygen atoms in total. The van der Waals surface area contributed by atoms with Gasteiger partial charge in [-0.25, -0.2) is 0 Å². The molecule has 0 saturated carbocycles. The van der Waals surface area contributed by atoms with Crippen molar-refractivity contribution in [1.29, 1.82) is 0 Å². The maximum absolute atomic E-state index is 12.8. The molecule has 0 bridgehead atoms. The molecule has 1 aromatic carbocycles. The Morgan fingerprint density at radius 1 is 1.30 bits per heavy atom. The van der Waals surface area contributed by atoms with E-state index in [0.717, 1.165) is 13.0 Å². The van der Waals surface area contributed by atoms with Gasteiger partial charge in [0.1, 0.15) is 0 Å². The average molecular weight is 388 g/mol. The van der Waals surface area contributed by atoms with Crippen molar-refractivity contribution >= 4 is 34.9 Å². The van der Waals surface area contributed by atoms with Crippen LogP contribution in [0.15, 0.2) is 23.0 Å². The zero-order valence-corrected chi connectivity index (χ0v) is 16.4. The molecule has 0 unspecified atom stereocenters. The fourth-order valence-electron chi connectivity index (χ4n) is 3.30. The summed E-state index contributed by atoms with van der Waals surface area (Å²) in [5.74, 6) is -0.0103. The number of nitrogens with one attached hydrogen (secondary N) is 2. The molecule has 2 heterocycles. The molecule has 0 spiro atoms. The Labute approximate surface area is 162 Å². The maximum Gasteiger partial charge on any atom is 0.262 e. The summed E-state index contributed by atoms with van der Waals surface area (Å²) in [4.78, 5) is 41.5. The smallest absolute Gasteiger partial charge is 0.262 e. The zero-order chi connectivity index (χ0) is 19.6. The molecule has 144 valence electrons. The summed E-state index contributed by atoms with van der Waals surface area (Å²) in [7, 11) is 0. The summed E-state index contributed by atoms with van der Waals surface area (Å²) >= 11 is 5.34. The second kappa shape index (κ2) is 8.04. The Morgan fingerprint density at radius 3 is 2.74 bits per heavy atom. The third-order valence-corrected chi connectivity index (χ3v) is 4.97. The SMILES string of the molecule is CC(C)NC(=O)c1ccc2c(=O)n(CCCN3CCCC3=O)c(=S)[nH]c2c1. The number of carbonyl (C=O) groups is 2. The number of carbonyl (C=O) groups excluding carboxylic acids is 2. The minimum Gasteiger partial charge on any atom is -0.350 e. The normalized spacial score (nSPS) is 14.3. The second-order valence-corrected chi connectivity index (χ2v) is 7.50. The Bertz CT molecular complexity index is 993. The van der Waals surface area contributed by atoms with Crippen LogP contribution in [0.4, 0.5) is 0 Å². The fraction of sp³-hybridized carbons (Fsp3) is 0.474. The highest BCUT2D eigenvalue weighted by Crippen LogP contribution is 2.12. The molecular formula is C19H24N4O3S. The molecule has 2 amide bonds. The number of rotatable bonds is 6. The number of aromatic amines is 1.